The van der Waals surface area contributed by atoms with Gasteiger partial charge >= 0.3 is 0 Å². The lowest BCUT2D eigenvalue weighted by Gasteiger charge is -2.29. The van der Waals surface area contributed by atoms with Crippen molar-refractivity contribution in [3.63, 3.8) is 0 Å². The molecule has 1 heteroatoms. The van der Waals surface area contributed by atoms with Crippen molar-refractivity contribution >= 4 is 0 Å². The minimum Gasteiger partial charge on any atom is -0.371 e. The van der Waals surface area contributed by atoms with E-state index in [-0.39, 0.29) is 11.0 Å². The van der Waals surface area contributed by atoms with Gasteiger partial charge in [-0.25, -0.2) is 0 Å². The fourth-order valence-corrected chi connectivity index (χ4v) is 3.18. The van der Waals surface area contributed by atoms with Crippen LogP contribution < -0.4 is 0 Å². The molecule has 2 aromatic carbocycles. The van der Waals surface area contributed by atoms with Gasteiger partial charge in [-0.05, 0) is 48.9 Å². The van der Waals surface area contributed by atoms with Gasteiger partial charge in [-0.2, -0.15) is 0 Å². The van der Waals surface area contributed by atoms with Crippen molar-refractivity contribution in [3.05, 3.63) is 70.8 Å². The van der Waals surface area contributed by atoms with Gasteiger partial charge in [0.25, 0.3) is 0 Å². The van der Waals surface area contributed by atoms with E-state index in [2.05, 4.69) is 90.1 Å². The maximum absolute atomic E-state index is 5.86. The molecule has 0 aliphatic rings. The van der Waals surface area contributed by atoms with E-state index >= 15 is 0 Å². The van der Waals surface area contributed by atoms with Crippen LogP contribution in [0, 0.1) is 0 Å². The lowest BCUT2D eigenvalue weighted by atomic mass is 9.77. The lowest BCUT2D eigenvalue weighted by Crippen LogP contribution is -2.23. The smallest absolute Gasteiger partial charge is 0.0875 e. The van der Waals surface area contributed by atoms with Gasteiger partial charge in [0, 0.05) is 12.0 Å². The molecule has 0 aromatic heterocycles. The molecule has 0 atom stereocenters. The summed E-state index contributed by atoms with van der Waals surface area (Å²) in [5.74, 6) is 0.572. The van der Waals surface area contributed by atoms with E-state index in [0.717, 1.165) is 6.61 Å². The Labute approximate surface area is 148 Å². The van der Waals surface area contributed by atoms with Gasteiger partial charge in [-0.3, -0.25) is 0 Å². The van der Waals surface area contributed by atoms with E-state index in [1.807, 2.05) is 6.92 Å². The van der Waals surface area contributed by atoms with Crippen LogP contribution in [0.15, 0.2) is 48.5 Å². The van der Waals surface area contributed by atoms with Crippen LogP contribution in [-0.2, 0) is 15.8 Å². The largest absolute Gasteiger partial charge is 0.371 e. The predicted octanol–water partition coefficient (Wildman–Crippen LogP) is 6.41. The van der Waals surface area contributed by atoms with Crippen LogP contribution in [0.3, 0.4) is 0 Å². The first-order valence-electron chi connectivity index (χ1n) is 9.04. The molecular weight excluding hydrogens is 292 g/mol. The normalized spacial score (nSPS) is 12.7. The summed E-state index contributed by atoms with van der Waals surface area (Å²) in [5, 5.41) is 0. The van der Waals surface area contributed by atoms with E-state index in [0.29, 0.717) is 5.92 Å². The highest BCUT2D eigenvalue weighted by atomic mass is 16.5. The third-order valence-electron chi connectivity index (χ3n) is 5.11. The molecule has 0 aliphatic carbocycles. The molecule has 0 amide bonds. The average molecular weight is 325 g/mol. The predicted molar refractivity (Wildman–Crippen MR) is 104 cm³/mol. The molecule has 0 heterocycles. The first-order valence-corrected chi connectivity index (χ1v) is 9.04. The summed E-state index contributed by atoms with van der Waals surface area (Å²) in [4.78, 5) is 0. The van der Waals surface area contributed by atoms with Crippen molar-refractivity contribution in [2.24, 2.45) is 0 Å². The summed E-state index contributed by atoms with van der Waals surface area (Å²) < 4.78 is 5.86. The molecule has 0 saturated carbocycles. The molecule has 0 bridgehead atoms. The molecule has 2 rings (SSSR count). The standard InChI is InChI=1S/C23H32O/c1-8-24-23(6,7)21-15-13-20(14-16-21)22(4,5)19-11-9-18(10-12-19)17(2)3/h9-17H,8H2,1-7H3. The summed E-state index contributed by atoms with van der Waals surface area (Å²) in [6.45, 7) is 16.1. The third kappa shape index (κ3) is 3.89. The molecule has 0 fully saturated rings. The highest BCUT2D eigenvalue weighted by Crippen LogP contribution is 2.34. The second kappa shape index (κ2) is 7.11. The van der Waals surface area contributed by atoms with Gasteiger partial charge in [0.1, 0.15) is 0 Å². The molecule has 0 spiro atoms. The minimum absolute atomic E-state index is 0.0101. The fourth-order valence-electron chi connectivity index (χ4n) is 3.18. The Bertz CT molecular complexity index is 645. The average Bonchev–Trinajstić information content (AvgIpc) is 2.55. The summed E-state index contributed by atoms with van der Waals surface area (Å²) in [6, 6.07) is 18.0. The highest BCUT2D eigenvalue weighted by Gasteiger charge is 2.25. The van der Waals surface area contributed by atoms with Crippen LogP contribution in [0.1, 0.15) is 76.6 Å². The van der Waals surface area contributed by atoms with Crippen LogP contribution in [-0.4, -0.2) is 6.61 Å². The minimum atomic E-state index is -0.240. The Balaban J connectivity index is 2.29. The van der Waals surface area contributed by atoms with Crippen LogP contribution in [0.4, 0.5) is 0 Å². The Morgan fingerprint density at radius 1 is 0.750 bits per heavy atom. The lowest BCUT2D eigenvalue weighted by molar-refractivity contribution is -0.0140. The molecule has 1 nitrogen and oxygen atoms in total. The zero-order valence-corrected chi connectivity index (χ0v) is 16.3. The number of rotatable bonds is 6. The number of hydrogen-bond acceptors (Lipinski definition) is 1. The molecule has 0 unspecified atom stereocenters. The Morgan fingerprint density at radius 2 is 1.17 bits per heavy atom. The molecule has 130 valence electrons. The van der Waals surface area contributed by atoms with Gasteiger partial charge in [0.2, 0.25) is 0 Å². The van der Waals surface area contributed by atoms with Gasteiger partial charge < -0.3 is 4.74 Å². The number of hydrogen-bond donors (Lipinski definition) is 0. The highest BCUT2D eigenvalue weighted by molar-refractivity contribution is 5.40. The van der Waals surface area contributed by atoms with Gasteiger partial charge in [0.05, 0.1) is 5.60 Å². The van der Waals surface area contributed by atoms with Crippen molar-refractivity contribution in [3.8, 4) is 0 Å². The summed E-state index contributed by atoms with van der Waals surface area (Å²) in [7, 11) is 0. The van der Waals surface area contributed by atoms with E-state index in [4.69, 9.17) is 4.74 Å². The Hall–Kier alpha value is -1.60. The van der Waals surface area contributed by atoms with Crippen LogP contribution in [0.2, 0.25) is 0 Å². The quantitative estimate of drug-likeness (QED) is 0.596. The zero-order valence-electron chi connectivity index (χ0n) is 16.3. The molecule has 0 aliphatic heterocycles. The van der Waals surface area contributed by atoms with Crippen molar-refractivity contribution in [2.45, 2.75) is 65.4 Å². The first kappa shape index (κ1) is 18.7. The maximum atomic E-state index is 5.86. The van der Waals surface area contributed by atoms with Crippen LogP contribution in [0.5, 0.6) is 0 Å². The molecule has 2 aromatic rings. The number of benzene rings is 2. The molecular formula is C23H32O. The topological polar surface area (TPSA) is 9.23 Å². The summed E-state index contributed by atoms with van der Waals surface area (Å²) >= 11 is 0. The fraction of sp³-hybridized carbons (Fsp3) is 0.478. The van der Waals surface area contributed by atoms with Gasteiger partial charge in [0.15, 0.2) is 0 Å². The van der Waals surface area contributed by atoms with E-state index in [1.165, 1.54) is 22.3 Å². The second-order valence-corrected chi connectivity index (χ2v) is 7.92. The Morgan fingerprint density at radius 3 is 1.58 bits per heavy atom. The maximum Gasteiger partial charge on any atom is 0.0875 e. The summed E-state index contributed by atoms with van der Waals surface area (Å²) in [5.41, 5.74) is 5.04. The van der Waals surface area contributed by atoms with E-state index < -0.39 is 0 Å². The number of ether oxygens (including phenoxy) is 1. The van der Waals surface area contributed by atoms with Crippen molar-refractivity contribution in [1.29, 1.82) is 0 Å². The van der Waals surface area contributed by atoms with Crippen molar-refractivity contribution in [1.82, 2.24) is 0 Å². The summed E-state index contributed by atoms with van der Waals surface area (Å²) in [6.07, 6.45) is 0. The third-order valence-corrected chi connectivity index (χ3v) is 5.11. The van der Waals surface area contributed by atoms with Crippen molar-refractivity contribution in [2.75, 3.05) is 6.61 Å². The second-order valence-electron chi connectivity index (χ2n) is 7.92. The van der Waals surface area contributed by atoms with Crippen LogP contribution in [0.25, 0.3) is 0 Å². The SMILES string of the molecule is CCOC(C)(C)c1ccc(C(C)(C)c2ccc(C(C)C)cc2)cc1. The first-order chi connectivity index (χ1) is 11.2. The monoisotopic (exact) mass is 324 g/mol. The van der Waals surface area contributed by atoms with Crippen LogP contribution >= 0.6 is 0 Å². The zero-order chi connectivity index (χ0) is 18.0. The van der Waals surface area contributed by atoms with E-state index in [1.54, 1.807) is 0 Å². The molecule has 24 heavy (non-hydrogen) atoms. The van der Waals surface area contributed by atoms with Gasteiger partial charge in [-0.1, -0.05) is 76.2 Å². The molecule has 0 N–H and O–H groups in total. The van der Waals surface area contributed by atoms with Crippen molar-refractivity contribution < 1.29 is 4.74 Å². The Kier molecular flexibility index (Phi) is 5.55. The molecule has 0 saturated heterocycles. The molecule has 0 radical (unpaired) electrons. The van der Waals surface area contributed by atoms with Gasteiger partial charge in [-0.15, -0.1) is 0 Å². The van der Waals surface area contributed by atoms with E-state index in [9.17, 15) is 0 Å².